The topological polar surface area (TPSA) is 77.5 Å². The number of hydrogen-bond donors (Lipinski definition) is 2. The van der Waals surface area contributed by atoms with Crippen molar-refractivity contribution in [2.75, 3.05) is 5.32 Å². The Balaban J connectivity index is 2.00. The lowest BCUT2D eigenvalue weighted by Crippen LogP contribution is -2.11. The zero-order valence-electron chi connectivity index (χ0n) is 10.3. The Morgan fingerprint density at radius 1 is 1.25 bits per heavy atom. The predicted octanol–water partition coefficient (Wildman–Crippen LogP) is 2.59. The molecule has 0 saturated carbocycles. The van der Waals surface area contributed by atoms with Crippen molar-refractivity contribution >= 4 is 11.6 Å². The number of furan rings is 1. The van der Waals surface area contributed by atoms with Gasteiger partial charge in [0.1, 0.15) is 11.5 Å². The van der Waals surface area contributed by atoms with Gasteiger partial charge in [0.25, 0.3) is 5.91 Å². The molecule has 0 atom stereocenters. The number of amides is 1. The van der Waals surface area contributed by atoms with Gasteiger partial charge in [-0.05, 0) is 36.4 Å². The molecule has 0 aliphatic rings. The van der Waals surface area contributed by atoms with E-state index < -0.39 is 12.5 Å². The SMILES string of the molecule is NCc1ccc(C(=O)Nc2ccc(OC(F)F)cc2)o1. The van der Waals surface area contributed by atoms with Crippen LogP contribution < -0.4 is 15.8 Å². The molecule has 2 aromatic rings. The lowest BCUT2D eigenvalue weighted by molar-refractivity contribution is -0.0498. The molecular formula is C13H12F2N2O3. The number of carbonyl (C=O) groups is 1. The van der Waals surface area contributed by atoms with Crippen LogP contribution in [0.25, 0.3) is 0 Å². The van der Waals surface area contributed by atoms with Crippen LogP contribution in [0.5, 0.6) is 5.75 Å². The summed E-state index contributed by atoms with van der Waals surface area (Å²) >= 11 is 0. The van der Waals surface area contributed by atoms with Gasteiger partial charge in [0.05, 0.1) is 6.54 Å². The van der Waals surface area contributed by atoms with Gasteiger partial charge in [-0.1, -0.05) is 0 Å². The van der Waals surface area contributed by atoms with Crippen molar-refractivity contribution in [3.05, 3.63) is 47.9 Å². The van der Waals surface area contributed by atoms with Gasteiger partial charge in [-0.25, -0.2) is 0 Å². The number of hydrogen-bond acceptors (Lipinski definition) is 4. The van der Waals surface area contributed by atoms with E-state index in [0.717, 1.165) is 0 Å². The summed E-state index contributed by atoms with van der Waals surface area (Å²) in [5.74, 6) is 0.183. The minimum Gasteiger partial charge on any atom is -0.455 e. The van der Waals surface area contributed by atoms with Crippen LogP contribution in [0.4, 0.5) is 14.5 Å². The molecule has 0 aliphatic carbocycles. The number of nitrogens with one attached hydrogen (secondary N) is 1. The van der Waals surface area contributed by atoms with Gasteiger partial charge in [-0.15, -0.1) is 0 Å². The van der Waals surface area contributed by atoms with Crippen LogP contribution in [-0.4, -0.2) is 12.5 Å². The molecule has 0 unspecified atom stereocenters. The van der Waals surface area contributed by atoms with Crippen molar-refractivity contribution in [2.45, 2.75) is 13.2 Å². The standard InChI is InChI=1S/C13H12F2N2O3/c14-13(15)20-9-3-1-8(2-4-9)17-12(18)11-6-5-10(7-16)19-11/h1-6,13H,7,16H2,(H,17,18). The second-order valence-electron chi connectivity index (χ2n) is 3.83. The highest BCUT2D eigenvalue weighted by atomic mass is 19.3. The maximum absolute atomic E-state index is 12.0. The summed E-state index contributed by atoms with van der Waals surface area (Å²) in [6.07, 6.45) is 0. The van der Waals surface area contributed by atoms with Crippen LogP contribution in [0, 0.1) is 0 Å². The first-order chi connectivity index (χ1) is 9.58. The summed E-state index contributed by atoms with van der Waals surface area (Å²) < 4.78 is 33.3. The van der Waals surface area contributed by atoms with E-state index >= 15 is 0 Å². The molecule has 0 aliphatic heterocycles. The first-order valence-corrected chi connectivity index (χ1v) is 5.73. The summed E-state index contributed by atoms with van der Waals surface area (Å²) in [4.78, 5) is 11.8. The van der Waals surface area contributed by atoms with Gasteiger partial charge in [-0.2, -0.15) is 8.78 Å². The monoisotopic (exact) mass is 282 g/mol. The number of anilines is 1. The molecule has 3 N–H and O–H groups in total. The first kappa shape index (κ1) is 14.0. The highest BCUT2D eigenvalue weighted by molar-refractivity contribution is 6.02. The van der Waals surface area contributed by atoms with Crippen LogP contribution in [0.15, 0.2) is 40.8 Å². The summed E-state index contributed by atoms with van der Waals surface area (Å²) in [5.41, 5.74) is 5.80. The maximum atomic E-state index is 12.0. The fraction of sp³-hybridized carbons (Fsp3) is 0.154. The summed E-state index contributed by atoms with van der Waals surface area (Å²) in [5, 5.41) is 2.56. The number of alkyl halides is 2. The molecule has 0 saturated heterocycles. The first-order valence-electron chi connectivity index (χ1n) is 5.73. The Kier molecular flexibility index (Phi) is 4.31. The summed E-state index contributed by atoms with van der Waals surface area (Å²) in [7, 11) is 0. The highest BCUT2D eigenvalue weighted by Crippen LogP contribution is 2.18. The van der Waals surface area contributed by atoms with Crippen molar-refractivity contribution in [3.8, 4) is 5.75 Å². The molecule has 1 aromatic carbocycles. The smallest absolute Gasteiger partial charge is 0.387 e. The maximum Gasteiger partial charge on any atom is 0.387 e. The average molecular weight is 282 g/mol. The predicted molar refractivity (Wildman–Crippen MR) is 67.6 cm³/mol. The van der Waals surface area contributed by atoms with E-state index in [1.165, 1.54) is 30.3 Å². The molecule has 20 heavy (non-hydrogen) atoms. The van der Waals surface area contributed by atoms with E-state index in [4.69, 9.17) is 10.2 Å². The molecule has 0 fully saturated rings. The van der Waals surface area contributed by atoms with Crippen molar-refractivity contribution in [1.29, 1.82) is 0 Å². The lowest BCUT2D eigenvalue weighted by Gasteiger charge is -2.06. The Labute approximate surface area is 113 Å². The van der Waals surface area contributed by atoms with Crippen LogP contribution in [0.2, 0.25) is 0 Å². The third-order valence-electron chi connectivity index (χ3n) is 2.42. The molecule has 0 spiro atoms. The number of carbonyl (C=O) groups excluding carboxylic acids is 1. The zero-order chi connectivity index (χ0) is 14.5. The van der Waals surface area contributed by atoms with E-state index in [-0.39, 0.29) is 18.1 Å². The van der Waals surface area contributed by atoms with Crippen molar-refractivity contribution in [2.24, 2.45) is 5.73 Å². The van der Waals surface area contributed by atoms with Gasteiger partial charge in [0, 0.05) is 5.69 Å². The number of halogens is 2. The molecule has 106 valence electrons. The Hall–Kier alpha value is -2.41. The van der Waals surface area contributed by atoms with E-state index in [1.807, 2.05) is 0 Å². The number of nitrogens with two attached hydrogens (primary N) is 1. The fourth-order valence-electron chi connectivity index (χ4n) is 1.52. The third-order valence-corrected chi connectivity index (χ3v) is 2.42. The summed E-state index contributed by atoms with van der Waals surface area (Å²) in [6, 6.07) is 8.66. The summed E-state index contributed by atoms with van der Waals surface area (Å²) in [6.45, 7) is -2.68. The molecular weight excluding hydrogens is 270 g/mol. The van der Waals surface area contributed by atoms with Crippen molar-refractivity contribution in [3.63, 3.8) is 0 Å². The van der Waals surface area contributed by atoms with Crippen molar-refractivity contribution < 1.29 is 22.7 Å². The fourth-order valence-corrected chi connectivity index (χ4v) is 1.52. The van der Waals surface area contributed by atoms with Gasteiger partial charge < -0.3 is 20.2 Å². The largest absolute Gasteiger partial charge is 0.455 e. The Morgan fingerprint density at radius 2 is 1.95 bits per heavy atom. The molecule has 1 heterocycles. The van der Waals surface area contributed by atoms with Gasteiger partial charge >= 0.3 is 6.61 Å². The quantitative estimate of drug-likeness (QED) is 0.883. The highest BCUT2D eigenvalue weighted by Gasteiger charge is 2.11. The van der Waals surface area contributed by atoms with E-state index in [9.17, 15) is 13.6 Å². The third kappa shape index (κ3) is 3.55. The second-order valence-corrected chi connectivity index (χ2v) is 3.83. The molecule has 7 heteroatoms. The van der Waals surface area contributed by atoms with E-state index in [1.54, 1.807) is 6.07 Å². The number of rotatable bonds is 5. The minimum atomic E-state index is -2.88. The molecule has 2 rings (SSSR count). The van der Waals surface area contributed by atoms with Crippen LogP contribution in [0.3, 0.4) is 0 Å². The Bertz CT molecular complexity index is 582. The van der Waals surface area contributed by atoms with Gasteiger partial charge in [0.15, 0.2) is 5.76 Å². The van der Waals surface area contributed by atoms with Crippen molar-refractivity contribution in [1.82, 2.24) is 0 Å². The van der Waals surface area contributed by atoms with Crippen LogP contribution in [-0.2, 0) is 6.54 Å². The second kappa shape index (κ2) is 6.16. The van der Waals surface area contributed by atoms with E-state index in [2.05, 4.69) is 10.1 Å². The molecule has 0 bridgehead atoms. The van der Waals surface area contributed by atoms with Crippen LogP contribution >= 0.6 is 0 Å². The Morgan fingerprint density at radius 3 is 2.50 bits per heavy atom. The van der Waals surface area contributed by atoms with Gasteiger partial charge in [0.2, 0.25) is 0 Å². The lowest BCUT2D eigenvalue weighted by atomic mass is 10.3. The molecule has 0 radical (unpaired) electrons. The van der Waals surface area contributed by atoms with Crippen LogP contribution in [0.1, 0.15) is 16.3 Å². The number of benzene rings is 1. The minimum absolute atomic E-state index is 0.0152. The van der Waals surface area contributed by atoms with Gasteiger partial charge in [-0.3, -0.25) is 4.79 Å². The van der Waals surface area contributed by atoms with E-state index in [0.29, 0.717) is 11.4 Å². The molecule has 1 aromatic heterocycles. The normalized spacial score (nSPS) is 10.6. The molecule has 5 nitrogen and oxygen atoms in total. The zero-order valence-corrected chi connectivity index (χ0v) is 10.3. The molecule has 1 amide bonds. The average Bonchev–Trinajstić information content (AvgIpc) is 2.89. The number of ether oxygens (including phenoxy) is 1.